The maximum Gasteiger partial charge on any atom is 0.328 e. The van der Waals surface area contributed by atoms with Crippen molar-refractivity contribution < 1.29 is 58.2 Å². The Bertz CT molecular complexity index is 1500. The van der Waals surface area contributed by atoms with Crippen molar-refractivity contribution in [1.82, 2.24) is 35.5 Å². The van der Waals surface area contributed by atoms with Crippen LogP contribution in [0.15, 0.2) is 25.0 Å². The van der Waals surface area contributed by atoms with Crippen LogP contribution in [0.4, 0.5) is 0 Å². The SMILES string of the molecule is COC(=O)C(Cc1c[nH]cn1)NC(=O)CN(CCCCCCOC1C(O)C(N)CC(N)C1OC1OC(CN)C(O)C(O)C1N)CC(=O)NC(Cc1c[nH]cn1)C(=O)OC. The highest BCUT2D eigenvalue weighted by Crippen LogP contribution is 2.29. The number of ether oxygens (including phenoxy) is 5. The van der Waals surface area contributed by atoms with Crippen LogP contribution in [0.25, 0.3) is 0 Å². The molecule has 332 valence electrons. The summed E-state index contributed by atoms with van der Waals surface area (Å²) in [7, 11) is 2.42. The summed E-state index contributed by atoms with van der Waals surface area (Å²) in [5.74, 6) is -2.42. The number of rotatable bonds is 23. The van der Waals surface area contributed by atoms with Gasteiger partial charge in [0, 0.05) is 50.5 Å². The highest BCUT2D eigenvalue weighted by Gasteiger charge is 2.48. The van der Waals surface area contributed by atoms with Gasteiger partial charge in [0.15, 0.2) is 6.29 Å². The molecule has 0 spiro atoms. The van der Waals surface area contributed by atoms with Crippen LogP contribution in [-0.4, -0.2) is 184 Å². The predicted molar refractivity (Wildman–Crippen MR) is 206 cm³/mol. The summed E-state index contributed by atoms with van der Waals surface area (Å²) in [4.78, 5) is 67.0. The first kappa shape index (κ1) is 47.5. The van der Waals surface area contributed by atoms with Crippen LogP contribution in [0.5, 0.6) is 0 Å². The molecule has 0 aromatic carbocycles. The molecule has 1 saturated heterocycles. The predicted octanol–water partition coefficient (Wildman–Crippen LogP) is -4.98. The first-order valence-corrected chi connectivity index (χ1v) is 19.6. The first-order valence-electron chi connectivity index (χ1n) is 19.6. The molecule has 0 bridgehead atoms. The van der Waals surface area contributed by atoms with Crippen LogP contribution in [0.3, 0.4) is 0 Å². The number of aliphatic hydroxyl groups is 3. The molecule has 12 atom stereocenters. The number of nitrogens with one attached hydrogen (secondary N) is 4. The zero-order chi connectivity index (χ0) is 43.1. The molecule has 0 radical (unpaired) electrons. The second-order valence-electron chi connectivity index (χ2n) is 14.8. The largest absolute Gasteiger partial charge is 0.467 e. The van der Waals surface area contributed by atoms with Crippen molar-refractivity contribution in [1.29, 1.82) is 0 Å². The van der Waals surface area contributed by atoms with Crippen molar-refractivity contribution in [2.75, 3.05) is 47.0 Å². The van der Waals surface area contributed by atoms with E-state index in [9.17, 15) is 34.5 Å². The minimum atomic E-state index is -1.37. The maximum atomic E-state index is 13.3. The number of hydrogen-bond donors (Lipinski definition) is 11. The quantitative estimate of drug-likeness (QED) is 0.0369. The fourth-order valence-corrected chi connectivity index (χ4v) is 7.07. The third kappa shape index (κ3) is 14.0. The smallest absolute Gasteiger partial charge is 0.328 e. The van der Waals surface area contributed by atoms with E-state index in [0.29, 0.717) is 43.6 Å². The number of nitrogens with two attached hydrogens (primary N) is 4. The molecule has 1 aliphatic heterocycles. The molecular formula is C36H61N11O12. The van der Waals surface area contributed by atoms with E-state index in [1.807, 2.05) is 0 Å². The van der Waals surface area contributed by atoms with Crippen LogP contribution < -0.4 is 33.6 Å². The van der Waals surface area contributed by atoms with Gasteiger partial charge in [0.25, 0.3) is 0 Å². The lowest BCUT2D eigenvalue weighted by atomic mass is 9.84. The lowest BCUT2D eigenvalue weighted by Gasteiger charge is -2.46. The molecule has 4 rings (SSSR count). The van der Waals surface area contributed by atoms with Gasteiger partial charge >= 0.3 is 11.9 Å². The number of aromatic nitrogens is 4. The first-order chi connectivity index (χ1) is 28.3. The van der Waals surface area contributed by atoms with Crippen molar-refractivity contribution in [2.45, 2.75) is 118 Å². The highest BCUT2D eigenvalue weighted by molar-refractivity contribution is 5.87. The Morgan fingerprint density at radius 3 is 1.90 bits per heavy atom. The van der Waals surface area contributed by atoms with Crippen molar-refractivity contribution in [3.63, 3.8) is 0 Å². The Hall–Kier alpha value is -4.14. The van der Waals surface area contributed by atoms with Crippen molar-refractivity contribution in [3.8, 4) is 0 Å². The third-order valence-electron chi connectivity index (χ3n) is 10.3. The molecule has 2 aromatic heterocycles. The van der Waals surface area contributed by atoms with E-state index < -0.39 is 96.9 Å². The number of aromatic amines is 2. The van der Waals surface area contributed by atoms with E-state index in [4.69, 9.17) is 46.6 Å². The van der Waals surface area contributed by atoms with Gasteiger partial charge in [-0.15, -0.1) is 0 Å². The molecule has 1 aliphatic carbocycles. The van der Waals surface area contributed by atoms with Gasteiger partial charge < -0.3 is 82.5 Å². The topological polar surface area (TPSA) is 364 Å². The van der Waals surface area contributed by atoms with Crippen LogP contribution in [0.1, 0.15) is 43.5 Å². The van der Waals surface area contributed by atoms with Gasteiger partial charge in [0.2, 0.25) is 11.8 Å². The molecule has 59 heavy (non-hydrogen) atoms. The average molecular weight is 840 g/mol. The number of amides is 2. The van der Waals surface area contributed by atoms with Gasteiger partial charge in [-0.3, -0.25) is 14.5 Å². The van der Waals surface area contributed by atoms with E-state index in [1.165, 1.54) is 26.9 Å². The number of hydrogen-bond acceptors (Lipinski definition) is 19. The molecule has 2 aromatic rings. The Kier molecular flexibility index (Phi) is 19.0. The number of carbonyl (C=O) groups is 4. The maximum absolute atomic E-state index is 13.3. The van der Waals surface area contributed by atoms with Crippen molar-refractivity contribution >= 4 is 23.8 Å². The van der Waals surface area contributed by atoms with Crippen LogP contribution in [0, 0.1) is 0 Å². The van der Waals surface area contributed by atoms with E-state index in [1.54, 1.807) is 17.3 Å². The Morgan fingerprint density at radius 2 is 1.39 bits per heavy atom. The summed E-state index contributed by atoms with van der Waals surface area (Å²) in [5, 5.41) is 37.0. The van der Waals surface area contributed by atoms with Gasteiger partial charge in [-0.25, -0.2) is 19.6 Å². The second kappa shape index (κ2) is 23.6. The number of methoxy groups -OCH3 is 2. The number of imidazole rings is 2. The summed E-state index contributed by atoms with van der Waals surface area (Å²) in [6.07, 6.45) is 1.02. The number of unbranched alkanes of at least 4 members (excludes halogenated alkanes) is 3. The number of carbonyl (C=O) groups excluding carboxylic acids is 4. The Balaban J connectivity index is 1.33. The normalized spacial score (nSPS) is 28.1. The molecule has 2 amide bonds. The third-order valence-corrected chi connectivity index (χ3v) is 10.3. The Labute approximate surface area is 341 Å². The number of esters is 2. The van der Waals surface area contributed by atoms with E-state index in [2.05, 4.69) is 30.6 Å². The molecule has 1 saturated carbocycles. The molecule has 2 aliphatic rings. The summed E-state index contributed by atoms with van der Waals surface area (Å²) < 4.78 is 27.7. The average Bonchev–Trinajstić information content (AvgIpc) is 3.94. The van der Waals surface area contributed by atoms with E-state index in [0.717, 1.165) is 0 Å². The van der Waals surface area contributed by atoms with Gasteiger partial charge in [0.05, 0.1) is 63.5 Å². The molecule has 2 fully saturated rings. The monoisotopic (exact) mass is 839 g/mol. The van der Waals surface area contributed by atoms with Gasteiger partial charge in [-0.05, 0) is 25.8 Å². The van der Waals surface area contributed by atoms with Crippen molar-refractivity contribution in [3.05, 3.63) is 36.4 Å². The zero-order valence-corrected chi connectivity index (χ0v) is 33.4. The molecule has 23 heteroatoms. The summed E-state index contributed by atoms with van der Waals surface area (Å²) in [6.45, 7) is -0.137. The van der Waals surface area contributed by atoms with Crippen molar-refractivity contribution in [2.24, 2.45) is 22.9 Å². The second-order valence-corrected chi connectivity index (χ2v) is 14.8. The fourth-order valence-electron chi connectivity index (χ4n) is 7.07. The van der Waals surface area contributed by atoms with E-state index >= 15 is 0 Å². The molecule has 23 nitrogen and oxygen atoms in total. The Morgan fingerprint density at radius 1 is 0.831 bits per heavy atom. The summed E-state index contributed by atoms with van der Waals surface area (Å²) in [6, 6.07) is -4.55. The number of nitrogens with zero attached hydrogens (tertiary/aromatic N) is 3. The van der Waals surface area contributed by atoms with Crippen LogP contribution in [-0.2, 0) is 55.7 Å². The fraction of sp³-hybridized carbons (Fsp3) is 0.722. The lowest BCUT2D eigenvalue weighted by Crippen LogP contribution is -2.67. The molecular weight excluding hydrogens is 778 g/mol. The van der Waals surface area contributed by atoms with E-state index in [-0.39, 0.29) is 45.5 Å². The molecule has 3 heterocycles. The summed E-state index contributed by atoms with van der Waals surface area (Å²) >= 11 is 0. The number of aliphatic hydroxyl groups excluding tert-OH is 3. The summed E-state index contributed by atoms with van der Waals surface area (Å²) in [5.41, 5.74) is 25.4. The lowest BCUT2D eigenvalue weighted by molar-refractivity contribution is -0.291. The highest BCUT2D eigenvalue weighted by atomic mass is 16.7. The van der Waals surface area contributed by atoms with Gasteiger partial charge in [-0.1, -0.05) is 12.8 Å². The minimum Gasteiger partial charge on any atom is -0.467 e. The van der Waals surface area contributed by atoms with Crippen LogP contribution in [0.2, 0.25) is 0 Å². The standard InChI is InChI=1S/C36H61N11O12/c1-55-34(53)23(9-19-13-41-17-43-19)45-26(48)15-47(16-27(49)46-24(35(54)56-2)10-20-14-42-18-44-20)7-5-3-4-6-8-57-33-29(50)21(38)11-22(39)32(33)59-36-28(40)31(52)30(51)25(12-37)58-36/h13-14,17-18,21-25,28-33,36,50-52H,3-12,15-16,37-40H2,1-2H3,(H,41,43)(H,42,44)(H,45,48)(H,46,49). The minimum absolute atomic E-state index is 0.0744. The molecule has 15 N–H and O–H groups in total. The molecule has 12 unspecified atom stereocenters. The van der Waals surface area contributed by atoms with Gasteiger partial charge in [0.1, 0.15) is 42.6 Å². The zero-order valence-electron chi connectivity index (χ0n) is 33.4. The van der Waals surface area contributed by atoms with Crippen LogP contribution >= 0.6 is 0 Å². The number of H-pyrrole nitrogens is 2. The van der Waals surface area contributed by atoms with Gasteiger partial charge in [-0.2, -0.15) is 0 Å².